The summed E-state index contributed by atoms with van der Waals surface area (Å²) in [7, 11) is 1.67. The minimum atomic E-state index is -0.0333. The third-order valence-electron chi connectivity index (χ3n) is 6.14. The number of nitrogens with one attached hydrogen (secondary N) is 2. The van der Waals surface area contributed by atoms with E-state index in [1.54, 1.807) is 7.11 Å². The molecule has 0 saturated carbocycles. The molecule has 3 saturated heterocycles. The number of amides is 3. The first-order valence-electron chi connectivity index (χ1n) is 10.3. The predicted octanol–water partition coefficient (Wildman–Crippen LogP) is 3.08. The van der Waals surface area contributed by atoms with Crippen LogP contribution in [-0.2, 0) is 4.79 Å². The van der Waals surface area contributed by atoms with Gasteiger partial charge in [-0.05, 0) is 43.4 Å². The molecule has 3 heterocycles. The fourth-order valence-electron chi connectivity index (χ4n) is 4.65. The Hall–Kier alpha value is -1.89. The van der Waals surface area contributed by atoms with Gasteiger partial charge in [-0.3, -0.25) is 4.79 Å². The van der Waals surface area contributed by atoms with Gasteiger partial charge in [-0.25, -0.2) is 4.79 Å². The first-order chi connectivity index (χ1) is 13.7. The molecule has 6 nitrogen and oxygen atoms in total. The molecule has 0 unspecified atom stereocenters. The maximum absolute atomic E-state index is 12.8. The molecule has 28 heavy (non-hydrogen) atoms. The number of rotatable bonds is 7. The van der Waals surface area contributed by atoms with E-state index in [9.17, 15) is 9.59 Å². The van der Waals surface area contributed by atoms with Gasteiger partial charge in [-0.1, -0.05) is 18.6 Å². The molecular formula is C21H29N3O3S. The maximum Gasteiger partial charge on any atom is 0.315 e. The monoisotopic (exact) mass is 403 g/mol. The molecule has 7 heteroatoms. The first kappa shape index (κ1) is 19.4. The molecule has 0 aromatic heterocycles. The molecule has 4 atom stereocenters. The van der Waals surface area contributed by atoms with E-state index in [1.165, 1.54) is 5.56 Å². The van der Waals surface area contributed by atoms with Crippen molar-refractivity contribution in [2.45, 2.75) is 61.9 Å². The number of hydrogen-bond acceptors (Lipinski definition) is 4. The molecule has 3 aliphatic heterocycles. The number of methoxy groups -OCH3 is 1. The van der Waals surface area contributed by atoms with Crippen LogP contribution in [0.25, 0.3) is 0 Å². The molecule has 4 rings (SSSR count). The standard InChI is InChI=1S/C21H29N3O3S/c1-27-15-10-8-14(9-11-15)17-5-4-12-24(17)19(25)7-3-2-6-18-20-16(13-28-18)22-21(26)23-20/h8-11,16-18,20H,2-7,12-13H2,1H3,(H2,22,23,26)/t16-,17-,18-,20+/m0/s1. The van der Waals surface area contributed by atoms with Crippen LogP contribution in [0.2, 0.25) is 0 Å². The summed E-state index contributed by atoms with van der Waals surface area (Å²) in [5.41, 5.74) is 1.20. The Bertz CT molecular complexity index is 711. The highest BCUT2D eigenvalue weighted by atomic mass is 32.2. The van der Waals surface area contributed by atoms with Crippen molar-refractivity contribution in [2.24, 2.45) is 0 Å². The number of thioether (sulfide) groups is 1. The van der Waals surface area contributed by atoms with Crippen LogP contribution in [0.15, 0.2) is 24.3 Å². The number of benzene rings is 1. The molecule has 0 spiro atoms. The van der Waals surface area contributed by atoms with E-state index >= 15 is 0 Å². The van der Waals surface area contributed by atoms with E-state index in [1.807, 2.05) is 23.9 Å². The summed E-state index contributed by atoms with van der Waals surface area (Å²) in [6.07, 6.45) is 5.72. The van der Waals surface area contributed by atoms with Crippen LogP contribution in [0.4, 0.5) is 4.79 Å². The Balaban J connectivity index is 1.23. The van der Waals surface area contributed by atoms with Gasteiger partial charge in [0.1, 0.15) is 5.75 Å². The summed E-state index contributed by atoms with van der Waals surface area (Å²) in [6.45, 7) is 0.857. The molecule has 2 N–H and O–H groups in total. The van der Waals surface area contributed by atoms with E-state index in [0.717, 1.165) is 50.2 Å². The topological polar surface area (TPSA) is 70.7 Å². The van der Waals surface area contributed by atoms with E-state index in [4.69, 9.17) is 4.74 Å². The Morgan fingerprint density at radius 2 is 2.07 bits per heavy atom. The number of carbonyl (C=O) groups excluding carboxylic acids is 2. The fourth-order valence-corrected chi connectivity index (χ4v) is 6.19. The SMILES string of the molecule is COc1ccc([C@@H]2CCCN2C(=O)CCCC[C@@H]2SC[C@@H]3NC(=O)N[C@H]32)cc1. The Morgan fingerprint density at radius 3 is 2.86 bits per heavy atom. The Morgan fingerprint density at radius 1 is 1.25 bits per heavy atom. The normalized spacial score (nSPS) is 28.8. The summed E-state index contributed by atoms with van der Waals surface area (Å²) in [5, 5.41) is 6.49. The summed E-state index contributed by atoms with van der Waals surface area (Å²) < 4.78 is 5.24. The van der Waals surface area contributed by atoms with Gasteiger partial charge in [0.2, 0.25) is 5.91 Å². The van der Waals surface area contributed by atoms with Crippen LogP contribution in [0.3, 0.4) is 0 Å². The van der Waals surface area contributed by atoms with Gasteiger partial charge in [0.05, 0.1) is 25.2 Å². The summed E-state index contributed by atoms with van der Waals surface area (Å²) in [5.74, 6) is 2.11. The van der Waals surface area contributed by atoms with Gasteiger partial charge in [-0.2, -0.15) is 11.8 Å². The van der Waals surface area contributed by atoms with Crippen LogP contribution in [-0.4, -0.2) is 53.6 Å². The van der Waals surface area contributed by atoms with Gasteiger partial charge in [-0.15, -0.1) is 0 Å². The van der Waals surface area contributed by atoms with E-state index in [0.29, 0.717) is 11.7 Å². The van der Waals surface area contributed by atoms with Crippen LogP contribution in [0.1, 0.15) is 50.1 Å². The number of urea groups is 1. The van der Waals surface area contributed by atoms with E-state index in [2.05, 4.69) is 27.7 Å². The zero-order valence-electron chi connectivity index (χ0n) is 16.4. The molecule has 152 valence electrons. The molecule has 3 fully saturated rings. The molecule has 1 aromatic rings. The second-order valence-corrected chi connectivity index (χ2v) is 9.16. The van der Waals surface area contributed by atoms with Crippen LogP contribution in [0.5, 0.6) is 5.75 Å². The van der Waals surface area contributed by atoms with Gasteiger partial charge >= 0.3 is 6.03 Å². The van der Waals surface area contributed by atoms with Crippen molar-refractivity contribution in [2.75, 3.05) is 19.4 Å². The molecule has 0 bridgehead atoms. The van der Waals surface area contributed by atoms with Crippen LogP contribution in [0, 0.1) is 0 Å². The van der Waals surface area contributed by atoms with Crippen molar-refractivity contribution in [1.29, 1.82) is 0 Å². The van der Waals surface area contributed by atoms with Crippen LogP contribution < -0.4 is 15.4 Å². The largest absolute Gasteiger partial charge is 0.497 e. The highest BCUT2D eigenvalue weighted by molar-refractivity contribution is 8.00. The van der Waals surface area contributed by atoms with Gasteiger partial charge in [0, 0.05) is 24.0 Å². The number of carbonyl (C=O) groups is 2. The van der Waals surface area contributed by atoms with Gasteiger partial charge in [0.15, 0.2) is 0 Å². The third kappa shape index (κ3) is 4.09. The lowest BCUT2D eigenvalue weighted by Gasteiger charge is -2.25. The number of unbranched alkanes of at least 4 members (excludes halogenated alkanes) is 1. The fraction of sp³-hybridized carbons (Fsp3) is 0.619. The second-order valence-electron chi connectivity index (χ2n) is 7.89. The predicted molar refractivity (Wildman–Crippen MR) is 111 cm³/mol. The summed E-state index contributed by atoms with van der Waals surface area (Å²) in [6, 6.07) is 8.79. The summed E-state index contributed by atoms with van der Waals surface area (Å²) >= 11 is 1.94. The summed E-state index contributed by atoms with van der Waals surface area (Å²) in [4.78, 5) is 26.3. The highest BCUT2D eigenvalue weighted by Crippen LogP contribution is 2.35. The molecular weight excluding hydrogens is 374 g/mol. The van der Waals surface area contributed by atoms with Gasteiger partial charge < -0.3 is 20.3 Å². The van der Waals surface area contributed by atoms with Crippen molar-refractivity contribution in [1.82, 2.24) is 15.5 Å². The lowest BCUT2D eigenvalue weighted by molar-refractivity contribution is -0.132. The highest BCUT2D eigenvalue weighted by Gasteiger charge is 2.42. The number of nitrogens with zero attached hydrogens (tertiary/aromatic N) is 1. The molecule has 0 aliphatic carbocycles. The smallest absolute Gasteiger partial charge is 0.315 e. The van der Waals surface area contributed by atoms with Gasteiger partial charge in [0.25, 0.3) is 0 Å². The van der Waals surface area contributed by atoms with Crippen molar-refractivity contribution < 1.29 is 14.3 Å². The molecule has 3 amide bonds. The van der Waals surface area contributed by atoms with E-state index in [-0.39, 0.29) is 30.1 Å². The molecule has 0 radical (unpaired) electrons. The number of ether oxygens (including phenoxy) is 1. The Labute approximate surface area is 170 Å². The number of hydrogen-bond donors (Lipinski definition) is 2. The quantitative estimate of drug-likeness (QED) is 0.542. The maximum atomic E-state index is 12.8. The number of likely N-dealkylation sites (tertiary alicyclic amines) is 1. The third-order valence-corrected chi connectivity index (χ3v) is 7.65. The van der Waals surface area contributed by atoms with Crippen molar-refractivity contribution >= 4 is 23.7 Å². The minimum Gasteiger partial charge on any atom is -0.497 e. The molecule has 1 aromatic carbocycles. The first-order valence-corrected chi connectivity index (χ1v) is 11.3. The number of fused-ring (bicyclic) bond motifs is 1. The average molecular weight is 404 g/mol. The van der Waals surface area contributed by atoms with Crippen LogP contribution >= 0.6 is 11.8 Å². The average Bonchev–Trinajstić information content (AvgIpc) is 3.41. The minimum absolute atomic E-state index is 0.0333. The zero-order valence-corrected chi connectivity index (χ0v) is 17.2. The lowest BCUT2D eigenvalue weighted by Crippen LogP contribution is -2.36. The van der Waals surface area contributed by atoms with Crippen molar-refractivity contribution in [3.05, 3.63) is 29.8 Å². The van der Waals surface area contributed by atoms with Crippen molar-refractivity contribution in [3.8, 4) is 5.75 Å². The second kappa shape index (κ2) is 8.64. The zero-order chi connectivity index (χ0) is 19.5. The molecule has 3 aliphatic rings. The van der Waals surface area contributed by atoms with E-state index < -0.39 is 0 Å². The van der Waals surface area contributed by atoms with Crippen molar-refractivity contribution in [3.63, 3.8) is 0 Å². The lowest BCUT2D eigenvalue weighted by atomic mass is 10.0. The Kier molecular flexibility index (Phi) is 5.99.